The Morgan fingerprint density at radius 1 is 0.538 bits per heavy atom. The van der Waals surface area contributed by atoms with Gasteiger partial charge in [0.1, 0.15) is 0 Å². The normalized spacial score (nSPS) is 10.4. The first-order valence-corrected chi connectivity index (χ1v) is 13.6. The third-order valence-electron chi connectivity index (χ3n) is 5.06. The highest BCUT2D eigenvalue weighted by atomic mass is 31.2. The zero-order chi connectivity index (χ0) is 19.9. The summed E-state index contributed by atoms with van der Waals surface area (Å²) in [6, 6.07) is 0. The van der Waals surface area contributed by atoms with Crippen LogP contribution in [0.1, 0.15) is 105 Å². The van der Waals surface area contributed by atoms with E-state index in [2.05, 4.69) is 27.7 Å². The topological polar surface area (TPSA) is 59.6 Å². The molecule has 0 aliphatic rings. The third-order valence-corrected chi connectivity index (χ3v) is 10.1. The molecule has 0 heterocycles. The lowest BCUT2D eigenvalue weighted by molar-refractivity contribution is 0.624. The van der Waals surface area contributed by atoms with Crippen LogP contribution in [0, 0.1) is 22.9 Å². The molecule has 0 aromatic heterocycles. The molecule has 0 aromatic rings. The van der Waals surface area contributed by atoms with Crippen LogP contribution in [-0.4, -0.2) is 24.6 Å². The van der Waals surface area contributed by atoms with Crippen molar-refractivity contribution in [2.45, 2.75) is 105 Å². The minimum absolute atomic E-state index is 0.601. The van der Waals surface area contributed by atoms with E-state index in [0.717, 1.165) is 0 Å². The Bertz CT molecular complexity index is 324. The van der Waals surface area contributed by atoms with Crippen molar-refractivity contribution in [1.29, 1.82) is 10.5 Å². The van der Waals surface area contributed by atoms with Gasteiger partial charge in [-0.2, -0.15) is 10.5 Å². The zero-order valence-electron chi connectivity index (χ0n) is 18.2. The molecule has 0 atom stereocenters. The maximum Gasteiger partial charge on any atom is 0.190 e. The van der Waals surface area contributed by atoms with Gasteiger partial charge in [0.2, 0.25) is 0 Å². The maximum atomic E-state index is 7.48. The van der Waals surface area contributed by atoms with E-state index in [9.17, 15) is 0 Å². The first-order chi connectivity index (χ1) is 12.7. The standard InChI is InChI=1S/C20H44P.C2HN3/c1-5-9-13-14-15-16-20-21(17-10-6-2,18-11-7-3)19-12-8-4;3-1-5-2-4/h5-20H2,1-4H3;5H/q+1;. The first kappa shape index (κ1) is 27.4. The molecule has 0 unspecified atom stereocenters. The zero-order valence-corrected chi connectivity index (χ0v) is 19.0. The monoisotopic (exact) mass is 382 g/mol. The number of unbranched alkanes of at least 4 members (excludes halogenated alkanes) is 8. The van der Waals surface area contributed by atoms with Gasteiger partial charge in [-0.1, -0.05) is 72.6 Å². The summed E-state index contributed by atoms with van der Waals surface area (Å²) in [6.45, 7) is 9.44. The molecule has 0 radical (unpaired) electrons. The van der Waals surface area contributed by atoms with Crippen molar-refractivity contribution in [3.05, 3.63) is 0 Å². The second-order valence-corrected chi connectivity index (χ2v) is 11.9. The molecule has 0 saturated heterocycles. The van der Waals surface area contributed by atoms with E-state index in [1.54, 1.807) is 30.0 Å². The quantitative estimate of drug-likeness (QED) is 0.132. The van der Waals surface area contributed by atoms with Gasteiger partial charge in [-0.3, -0.25) is 0 Å². The van der Waals surface area contributed by atoms with Gasteiger partial charge >= 0.3 is 0 Å². The molecule has 0 aromatic carbocycles. The fourth-order valence-electron chi connectivity index (χ4n) is 3.40. The average molecular weight is 383 g/mol. The third kappa shape index (κ3) is 18.0. The summed E-state index contributed by atoms with van der Waals surface area (Å²) < 4.78 is 0. The second kappa shape index (κ2) is 22.3. The van der Waals surface area contributed by atoms with Crippen molar-refractivity contribution >= 4 is 7.26 Å². The molecule has 0 rings (SSSR count). The highest BCUT2D eigenvalue weighted by Gasteiger charge is 2.34. The first-order valence-electron chi connectivity index (χ1n) is 11.0. The lowest BCUT2D eigenvalue weighted by Crippen LogP contribution is -2.13. The van der Waals surface area contributed by atoms with Crippen molar-refractivity contribution in [3.8, 4) is 12.4 Å². The van der Waals surface area contributed by atoms with Crippen LogP contribution in [0.25, 0.3) is 0 Å². The molecule has 0 spiro atoms. The SMILES string of the molecule is CCCCCCCC[P+](CCCC)(CCCC)CCCC.N#CNC#N. The summed E-state index contributed by atoms with van der Waals surface area (Å²) in [5.41, 5.74) is 0. The van der Waals surface area contributed by atoms with E-state index in [1.807, 2.05) is 0 Å². The fraction of sp³-hybridized carbons (Fsp3) is 0.909. The number of nitrogens with one attached hydrogen (secondary N) is 1. The van der Waals surface area contributed by atoms with E-state index in [1.165, 1.54) is 89.4 Å². The summed E-state index contributed by atoms with van der Waals surface area (Å²) in [5.74, 6) is 0. The van der Waals surface area contributed by atoms with E-state index in [4.69, 9.17) is 10.5 Å². The smallest absolute Gasteiger partial charge is 0.190 e. The summed E-state index contributed by atoms with van der Waals surface area (Å²) in [5, 5.41) is 16.7. The lowest BCUT2D eigenvalue weighted by Gasteiger charge is -2.28. The number of hydrogen-bond acceptors (Lipinski definition) is 3. The Morgan fingerprint density at radius 2 is 0.885 bits per heavy atom. The van der Waals surface area contributed by atoms with Crippen molar-refractivity contribution in [1.82, 2.24) is 5.32 Å². The molecule has 0 aliphatic carbocycles. The predicted octanol–water partition coefficient (Wildman–Crippen LogP) is 7.30. The predicted molar refractivity (Wildman–Crippen MR) is 119 cm³/mol. The molecule has 0 amide bonds. The summed E-state index contributed by atoms with van der Waals surface area (Å²) in [7, 11) is -0.601. The number of rotatable bonds is 16. The molecule has 26 heavy (non-hydrogen) atoms. The Hall–Kier alpha value is -0.790. The van der Waals surface area contributed by atoms with Gasteiger partial charge < -0.3 is 0 Å². The highest BCUT2D eigenvalue weighted by Crippen LogP contribution is 2.61. The molecule has 152 valence electrons. The van der Waals surface area contributed by atoms with Crippen molar-refractivity contribution < 1.29 is 0 Å². The van der Waals surface area contributed by atoms with Crippen LogP contribution in [0.15, 0.2) is 0 Å². The largest absolute Gasteiger partial charge is 0.229 e. The van der Waals surface area contributed by atoms with Gasteiger partial charge in [0, 0.05) is 7.26 Å². The van der Waals surface area contributed by atoms with Gasteiger partial charge in [0.05, 0.1) is 24.6 Å². The van der Waals surface area contributed by atoms with Gasteiger partial charge in [0.25, 0.3) is 0 Å². The summed E-state index contributed by atoms with van der Waals surface area (Å²) >= 11 is 0. The molecule has 3 nitrogen and oxygen atoms in total. The minimum Gasteiger partial charge on any atom is -0.229 e. The summed E-state index contributed by atoms with van der Waals surface area (Å²) in [6.07, 6.45) is 26.8. The van der Waals surface area contributed by atoms with E-state index in [-0.39, 0.29) is 0 Å². The summed E-state index contributed by atoms with van der Waals surface area (Å²) in [4.78, 5) is 0. The molecule has 4 heteroatoms. The number of nitriles is 2. The molecular formula is C22H45N3P+. The van der Waals surface area contributed by atoms with Crippen molar-refractivity contribution in [2.75, 3.05) is 24.6 Å². The van der Waals surface area contributed by atoms with Crippen LogP contribution in [0.2, 0.25) is 0 Å². The highest BCUT2D eigenvalue weighted by molar-refractivity contribution is 7.75. The molecule has 1 N–H and O–H groups in total. The van der Waals surface area contributed by atoms with E-state index in [0.29, 0.717) is 0 Å². The van der Waals surface area contributed by atoms with Crippen LogP contribution in [-0.2, 0) is 0 Å². The molecule has 0 fully saturated rings. The average Bonchev–Trinajstić information content (AvgIpc) is 2.66. The van der Waals surface area contributed by atoms with Gasteiger partial charge in [-0.15, -0.1) is 0 Å². The fourth-order valence-corrected chi connectivity index (χ4v) is 8.60. The van der Waals surface area contributed by atoms with Crippen molar-refractivity contribution in [2.24, 2.45) is 0 Å². The van der Waals surface area contributed by atoms with Gasteiger partial charge in [-0.25, -0.2) is 5.32 Å². The molecule has 0 saturated carbocycles. The van der Waals surface area contributed by atoms with Crippen LogP contribution >= 0.6 is 7.26 Å². The molecule has 0 bridgehead atoms. The van der Waals surface area contributed by atoms with E-state index < -0.39 is 7.26 Å². The molecular weight excluding hydrogens is 337 g/mol. The Balaban J connectivity index is 0. The minimum atomic E-state index is -0.601. The number of hydrogen-bond donors (Lipinski definition) is 1. The lowest BCUT2D eigenvalue weighted by atomic mass is 10.1. The maximum absolute atomic E-state index is 7.48. The van der Waals surface area contributed by atoms with Crippen LogP contribution in [0.3, 0.4) is 0 Å². The van der Waals surface area contributed by atoms with Crippen LogP contribution < -0.4 is 5.32 Å². The van der Waals surface area contributed by atoms with Crippen LogP contribution in [0.5, 0.6) is 0 Å². The van der Waals surface area contributed by atoms with Crippen molar-refractivity contribution in [3.63, 3.8) is 0 Å². The Labute approximate surface area is 165 Å². The van der Waals surface area contributed by atoms with E-state index >= 15 is 0 Å². The Kier molecular flexibility index (Phi) is 23.5. The molecule has 0 aliphatic heterocycles. The Morgan fingerprint density at radius 3 is 1.23 bits per heavy atom. The second-order valence-electron chi connectivity index (χ2n) is 7.41. The van der Waals surface area contributed by atoms with Gasteiger partial charge in [-0.05, 0) is 32.1 Å². The van der Waals surface area contributed by atoms with Crippen LogP contribution in [0.4, 0.5) is 0 Å². The van der Waals surface area contributed by atoms with Gasteiger partial charge in [0.15, 0.2) is 12.4 Å². The number of nitrogens with zero attached hydrogens (tertiary/aromatic N) is 2.